The number of aromatic nitrogens is 2. The lowest BCUT2D eigenvalue weighted by Gasteiger charge is -2.20. The molecule has 1 aliphatic rings. The zero-order valence-electron chi connectivity index (χ0n) is 10.9. The normalized spacial score (nSPS) is 17.8. The van der Waals surface area contributed by atoms with Crippen molar-refractivity contribution < 1.29 is 9.84 Å². The van der Waals surface area contributed by atoms with Crippen LogP contribution in [-0.4, -0.2) is 21.5 Å². The number of aryl methyl sites for hydroxylation is 1. The van der Waals surface area contributed by atoms with Crippen molar-refractivity contribution in [2.45, 2.75) is 38.7 Å². The summed E-state index contributed by atoms with van der Waals surface area (Å²) in [5.41, 5.74) is 1.67. The molecule has 0 spiro atoms. The standard InChI is InChI=1S/C13H20N2O2/c1-13(2,3)12-9(8-15(4)14-12)11(16)10-6-5-7-17-10/h6,8,11,16H,5,7H2,1-4H3. The van der Waals surface area contributed by atoms with E-state index in [4.69, 9.17) is 4.74 Å². The third-order valence-electron chi connectivity index (χ3n) is 2.86. The van der Waals surface area contributed by atoms with E-state index in [0.29, 0.717) is 12.4 Å². The van der Waals surface area contributed by atoms with Gasteiger partial charge in [0, 0.05) is 30.6 Å². The zero-order valence-corrected chi connectivity index (χ0v) is 10.9. The Balaban J connectivity index is 2.37. The molecule has 0 radical (unpaired) electrons. The molecule has 94 valence electrons. The van der Waals surface area contributed by atoms with Crippen LogP contribution in [0.25, 0.3) is 0 Å². The largest absolute Gasteiger partial charge is 0.495 e. The van der Waals surface area contributed by atoms with E-state index in [1.165, 1.54) is 0 Å². The van der Waals surface area contributed by atoms with Gasteiger partial charge in [-0.1, -0.05) is 20.8 Å². The molecule has 0 aliphatic carbocycles. The third kappa shape index (κ3) is 2.36. The molecule has 4 heteroatoms. The molecule has 1 N–H and O–H groups in total. The van der Waals surface area contributed by atoms with Crippen LogP contribution in [0, 0.1) is 0 Å². The second kappa shape index (κ2) is 4.18. The molecule has 1 aliphatic heterocycles. The lowest BCUT2D eigenvalue weighted by molar-refractivity contribution is 0.117. The van der Waals surface area contributed by atoms with Gasteiger partial charge >= 0.3 is 0 Å². The van der Waals surface area contributed by atoms with Gasteiger partial charge in [0.05, 0.1) is 12.3 Å². The van der Waals surface area contributed by atoms with Crippen molar-refractivity contribution in [3.8, 4) is 0 Å². The zero-order chi connectivity index (χ0) is 12.6. The summed E-state index contributed by atoms with van der Waals surface area (Å²) in [6, 6.07) is 0. The molecule has 0 saturated heterocycles. The summed E-state index contributed by atoms with van der Waals surface area (Å²) >= 11 is 0. The van der Waals surface area contributed by atoms with Crippen molar-refractivity contribution in [3.05, 3.63) is 29.3 Å². The van der Waals surface area contributed by atoms with Gasteiger partial charge < -0.3 is 9.84 Å². The predicted molar refractivity (Wildman–Crippen MR) is 65.5 cm³/mol. The molecule has 0 bridgehead atoms. The van der Waals surface area contributed by atoms with E-state index >= 15 is 0 Å². The lowest BCUT2D eigenvalue weighted by atomic mass is 9.88. The van der Waals surface area contributed by atoms with Gasteiger partial charge in [-0.25, -0.2) is 0 Å². The van der Waals surface area contributed by atoms with Gasteiger partial charge in [0.15, 0.2) is 0 Å². The van der Waals surface area contributed by atoms with Gasteiger partial charge in [-0.2, -0.15) is 5.10 Å². The second-order valence-corrected chi connectivity index (χ2v) is 5.50. The van der Waals surface area contributed by atoms with E-state index in [1.807, 2.05) is 19.3 Å². The van der Waals surface area contributed by atoms with E-state index in [2.05, 4.69) is 25.9 Å². The molecule has 4 nitrogen and oxygen atoms in total. The Hall–Kier alpha value is -1.29. The Bertz CT molecular complexity index is 441. The van der Waals surface area contributed by atoms with Crippen molar-refractivity contribution >= 4 is 0 Å². The average Bonchev–Trinajstić information content (AvgIpc) is 2.83. The summed E-state index contributed by atoms with van der Waals surface area (Å²) in [6.45, 7) is 6.94. The molecule has 1 atom stereocenters. The monoisotopic (exact) mass is 236 g/mol. The fraction of sp³-hybridized carbons (Fsp3) is 0.615. The maximum absolute atomic E-state index is 10.3. The smallest absolute Gasteiger partial charge is 0.139 e. The Labute approximate surface area is 102 Å². The van der Waals surface area contributed by atoms with Crippen molar-refractivity contribution in [2.24, 2.45) is 7.05 Å². The van der Waals surface area contributed by atoms with Gasteiger partial charge in [0.25, 0.3) is 0 Å². The van der Waals surface area contributed by atoms with Gasteiger partial charge in [-0.3, -0.25) is 4.68 Å². The van der Waals surface area contributed by atoms with E-state index in [1.54, 1.807) is 4.68 Å². The fourth-order valence-electron chi connectivity index (χ4n) is 2.07. The van der Waals surface area contributed by atoms with Crippen molar-refractivity contribution in [1.29, 1.82) is 0 Å². The average molecular weight is 236 g/mol. The second-order valence-electron chi connectivity index (χ2n) is 5.50. The molecule has 2 rings (SSSR count). The van der Waals surface area contributed by atoms with Gasteiger partial charge in [0.2, 0.25) is 0 Å². The molecule has 1 aromatic rings. The minimum atomic E-state index is -0.694. The summed E-state index contributed by atoms with van der Waals surface area (Å²) in [5.74, 6) is 0.656. The SMILES string of the molecule is Cn1cc(C(O)C2=CCCO2)c(C(C)(C)C)n1. The maximum Gasteiger partial charge on any atom is 0.139 e. The highest BCUT2D eigenvalue weighted by atomic mass is 16.5. The van der Waals surface area contributed by atoms with E-state index < -0.39 is 6.10 Å². The Morgan fingerprint density at radius 3 is 2.71 bits per heavy atom. The van der Waals surface area contributed by atoms with Crippen LogP contribution in [0.15, 0.2) is 18.0 Å². The van der Waals surface area contributed by atoms with E-state index in [9.17, 15) is 5.11 Å². The Morgan fingerprint density at radius 1 is 1.47 bits per heavy atom. The number of nitrogens with zero attached hydrogens (tertiary/aromatic N) is 2. The summed E-state index contributed by atoms with van der Waals surface area (Å²) in [5, 5.41) is 14.8. The molecule has 1 aromatic heterocycles. The Morgan fingerprint density at radius 2 is 2.18 bits per heavy atom. The molecule has 17 heavy (non-hydrogen) atoms. The lowest BCUT2D eigenvalue weighted by Crippen LogP contribution is -2.17. The van der Waals surface area contributed by atoms with E-state index in [0.717, 1.165) is 17.7 Å². The summed E-state index contributed by atoms with van der Waals surface area (Å²) < 4.78 is 7.16. The molecule has 0 saturated carbocycles. The van der Waals surface area contributed by atoms with Crippen molar-refractivity contribution in [1.82, 2.24) is 9.78 Å². The van der Waals surface area contributed by atoms with Crippen LogP contribution < -0.4 is 0 Å². The number of hydrogen-bond donors (Lipinski definition) is 1. The van der Waals surface area contributed by atoms with Crippen LogP contribution in [-0.2, 0) is 17.2 Å². The minimum Gasteiger partial charge on any atom is -0.495 e. The summed E-state index contributed by atoms with van der Waals surface area (Å²) in [7, 11) is 1.87. The molecule has 0 fully saturated rings. The molecule has 2 heterocycles. The first-order chi connectivity index (χ1) is 7.89. The van der Waals surface area contributed by atoms with Gasteiger partial charge in [0.1, 0.15) is 11.9 Å². The van der Waals surface area contributed by atoms with Crippen LogP contribution in [0.4, 0.5) is 0 Å². The van der Waals surface area contributed by atoms with Crippen LogP contribution in [0.1, 0.15) is 44.6 Å². The number of rotatable bonds is 2. The number of aliphatic hydroxyl groups excluding tert-OH is 1. The van der Waals surface area contributed by atoms with Crippen LogP contribution >= 0.6 is 0 Å². The minimum absolute atomic E-state index is 0.0866. The third-order valence-corrected chi connectivity index (χ3v) is 2.86. The van der Waals surface area contributed by atoms with E-state index in [-0.39, 0.29) is 5.41 Å². The van der Waals surface area contributed by atoms with Crippen LogP contribution in [0.3, 0.4) is 0 Å². The van der Waals surface area contributed by atoms with Crippen molar-refractivity contribution in [3.63, 3.8) is 0 Å². The predicted octanol–water partition coefficient (Wildman–Crippen LogP) is 2.06. The van der Waals surface area contributed by atoms with Crippen LogP contribution in [0.5, 0.6) is 0 Å². The molecular formula is C13H20N2O2. The summed E-state index contributed by atoms with van der Waals surface area (Å²) in [4.78, 5) is 0. The van der Waals surface area contributed by atoms with Gasteiger partial charge in [-0.05, 0) is 6.08 Å². The number of ether oxygens (including phenoxy) is 1. The maximum atomic E-state index is 10.3. The highest BCUT2D eigenvalue weighted by Gasteiger charge is 2.28. The topological polar surface area (TPSA) is 47.3 Å². The quantitative estimate of drug-likeness (QED) is 0.855. The number of hydrogen-bond acceptors (Lipinski definition) is 3. The molecular weight excluding hydrogens is 216 g/mol. The first-order valence-corrected chi connectivity index (χ1v) is 5.94. The highest BCUT2D eigenvalue weighted by Crippen LogP contribution is 2.33. The first-order valence-electron chi connectivity index (χ1n) is 5.94. The van der Waals surface area contributed by atoms with Crippen molar-refractivity contribution in [2.75, 3.05) is 6.61 Å². The molecule has 1 unspecified atom stereocenters. The first kappa shape index (κ1) is 12.2. The highest BCUT2D eigenvalue weighted by molar-refractivity contribution is 5.31. The Kier molecular flexibility index (Phi) is 3.00. The molecule has 0 amide bonds. The number of aliphatic hydroxyl groups is 1. The van der Waals surface area contributed by atoms with Crippen LogP contribution in [0.2, 0.25) is 0 Å². The summed E-state index contributed by atoms with van der Waals surface area (Å²) in [6.07, 6.45) is 4.00. The van der Waals surface area contributed by atoms with Gasteiger partial charge in [-0.15, -0.1) is 0 Å². The fourth-order valence-corrected chi connectivity index (χ4v) is 2.07. The molecule has 0 aromatic carbocycles.